The maximum Gasteiger partial charge on any atom is 0.262 e. The number of rotatable bonds is 4. The molecule has 26 heavy (non-hydrogen) atoms. The molecule has 2 aromatic heterocycles. The van der Waals surface area contributed by atoms with Gasteiger partial charge in [-0.15, -0.1) is 11.3 Å². The van der Waals surface area contributed by atoms with Gasteiger partial charge in [-0.3, -0.25) is 9.36 Å². The second-order valence-corrected chi connectivity index (χ2v) is 7.12. The molecule has 0 saturated carbocycles. The first-order valence-corrected chi connectivity index (χ1v) is 9.31. The standard InChI is InChI=1S/C22H18N2OS/c1-16-19-21(26-20(16)18-12-6-3-7-13-18)23-15-24(22(19)25)14-8-11-17-9-4-2-5-10-17/h2-13,15H,14H2,1H3/b11-8+. The Morgan fingerprint density at radius 3 is 2.46 bits per heavy atom. The number of thiophene rings is 1. The monoisotopic (exact) mass is 358 g/mol. The minimum absolute atomic E-state index is 0.0173. The second kappa shape index (κ2) is 7.10. The van der Waals surface area contributed by atoms with Crippen molar-refractivity contribution in [2.45, 2.75) is 13.5 Å². The molecule has 4 heteroatoms. The van der Waals surface area contributed by atoms with Crippen LogP contribution in [-0.2, 0) is 6.54 Å². The van der Waals surface area contributed by atoms with Gasteiger partial charge in [-0.05, 0) is 23.6 Å². The SMILES string of the molecule is Cc1c(-c2ccccc2)sc2ncn(C/C=C/c3ccccc3)c(=O)c12. The zero-order chi connectivity index (χ0) is 17.9. The van der Waals surface area contributed by atoms with Crippen LogP contribution in [0.5, 0.6) is 0 Å². The molecule has 0 bridgehead atoms. The van der Waals surface area contributed by atoms with E-state index >= 15 is 0 Å². The summed E-state index contributed by atoms with van der Waals surface area (Å²) in [7, 11) is 0. The van der Waals surface area contributed by atoms with Gasteiger partial charge in [0.05, 0.1) is 11.7 Å². The Kier molecular flexibility index (Phi) is 4.50. The van der Waals surface area contributed by atoms with E-state index in [4.69, 9.17) is 0 Å². The van der Waals surface area contributed by atoms with Gasteiger partial charge < -0.3 is 0 Å². The molecule has 0 unspecified atom stereocenters. The molecule has 0 aliphatic carbocycles. The highest BCUT2D eigenvalue weighted by Crippen LogP contribution is 2.35. The first kappa shape index (κ1) is 16.5. The quantitative estimate of drug-likeness (QED) is 0.506. The van der Waals surface area contributed by atoms with Gasteiger partial charge in [-0.2, -0.15) is 0 Å². The molecule has 0 spiro atoms. The van der Waals surface area contributed by atoms with Gasteiger partial charge >= 0.3 is 0 Å². The third-order valence-corrected chi connectivity index (χ3v) is 5.61. The van der Waals surface area contributed by atoms with Crippen LogP contribution in [0.25, 0.3) is 26.7 Å². The normalized spacial score (nSPS) is 11.4. The van der Waals surface area contributed by atoms with Crippen LogP contribution < -0.4 is 5.56 Å². The molecule has 0 atom stereocenters. The predicted octanol–water partition coefficient (Wildman–Crippen LogP) is 5.15. The Hall–Kier alpha value is -2.98. The summed E-state index contributed by atoms with van der Waals surface area (Å²) >= 11 is 1.58. The van der Waals surface area contributed by atoms with Crippen molar-refractivity contribution >= 4 is 27.6 Å². The summed E-state index contributed by atoms with van der Waals surface area (Å²) in [5.74, 6) is 0. The highest BCUT2D eigenvalue weighted by Gasteiger charge is 2.15. The molecule has 0 saturated heterocycles. The second-order valence-electron chi connectivity index (χ2n) is 6.12. The summed E-state index contributed by atoms with van der Waals surface area (Å²) in [6.45, 7) is 2.51. The average Bonchev–Trinajstić information content (AvgIpc) is 3.02. The topological polar surface area (TPSA) is 34.9 Å². The minimum atomic E-state index is 0.0173. The van der Waals surface area contributed by atoms with Crippen LogP contribution in [0.3, 0.4) is 0 Å². The Morgan fingerprint density at radius 2 is 1.73 bits per heavy atom. The van der Waals surface area contributed by atoms with Gasteiger partial charge in [0.1, 0.15) is 4.83 Å². The molecule has 0 N–H and O–H groups in total. The molecule has 0 radical (unpaired) electrons. The van der Waals surface area contributed by atoms with E-state index in [1.807, 2.05) is 67.6 Å². The zero-order valence-corrected chi connectivity index (χ0v) is 15.2. The molecular formula is C22H18N2OS. The van der Waals surface area contributed by atoms with Crippen molar-refractivity contribution in [1.29, 1.82) is 0 Å². The van der Waals surface area contributed by atoms with E-state index in [0.29, 0.717) is 6.54 Å². The third kappa shape index (κ3) is 3.11. The van der Waals surface area contributed by atoms with Crippen LogP contribution in [0.15, 0.2) is 77.9 Å². The van der Waals surface area contributed by atoms with Gasteiger partial charge in [-0.1, -0.05) is 72.8 Å². The summed E-state index contributed by atoms with van der Waals surface area (Å²) in [6, 6.07) is 20.2. The average molecular weight is 358 g/mol. The molecule has 2 aromatic carbocycles. The zero-order valence-electron chi connectivity index (χ0n) is 14.4. The van der Waals surface area contributed by atoms with E-state index < -0.39 is 0 Å². The van der Waals surface area contributed by atoms with E-state index in [1.54, 1.807) is 22.2 Å². The highest BCUT2D eigenvalue weighted by molar-refractivity contribution is 7.22. The molecule has 0 fully saturated rings. The van der Waals surface area contributed by atoms with Gasteiger partial charge in [0.2, 0.25) is 0 Å². The molecule has 2 heterocycles. The number of hydrogen-bond donors (Lipinski definition) is 0. The lowest BCUT2D eigenvalue weighted by molar-refractivity contribution is 0.769. The maximum atomic E-state index is 12.9. The van der Waals surface area contributed by atoms with Crippen LogP contribution in [0.2, 0.25) is 0 Å². The molecule has 0 aliphatic rings. The van der Waals surface area contributed by atoms with Gasteiger partial charge in [0, 0.05) is 11.4 Å². The van der Waals surface area contributed by atoms with Crippen molar-refractivity contribution in [1.82, 2.24) is 9.55 Å². The summed E-state index contributed by atoms with van der Waals surface area (Å²) in [5, 5.41) is 0.726. The number of hydrogen-bond acceptors (Lipinski definition) is 3. The van der Waals surface area contributed by atoms with Gasteiger partial charge in [0.15, 0.2) is 0 Å². The number of aryl methyl sites for hydroxylation is 1. The number of benzene rings is 2. The fraction of sp³-hybridized carbons (Fsp3) is 0.0909. The lowest BCUT2D eigenvalue weighted by atomic mass is 10.1. The van der Waals surface area contributed by atoms with Crippen LogP contribution in [0.1, 0.15) is 11.1 Å². The number of nitrogens with zero attached hydrogens (tertiary/aromatic N) is 2. The van der Waals surface area contributed by atoms with Crippen molar-refractivity contribution in [2.24, 2.45) is 0 Å². The van der Waals surface area contributed by atoms with E-state index in [2.05, 4.69) is 17.1 Å². The number of allylic oxidation sites excluding steroid dienone is 1. The van der Waals surface area contributed by atoms with Crippen molar-refractivity contribution in [2.75, 3.05) is 0 Å². The number of fused-ring (bicyclic) bond motifs is 1. The summed E-state index contributed by atoms with van der Waals surface area (Å²) in [6.07, 6.45) is 5.65. The van der Waals surface area contributed by atoms with Gasteiger partial charge in [0.25, 0.3) is 5.56 Å². The van der Waals surface area contributed by atoms with Crippen molar-refractivity contribution in [3.63, 3.8) is 0 Å². The van der Waals surface area contributed by atoms with Crippen LogP contribution in [0, 0.1) is 6.92 Å². The highest BCUT2D eigenvalue weighted by atomic mass is 32.1. The predicted molar refractivity (Wildman–Crippen MR) is 110 cm³/mol. The Balaban J connectivity index is 1.70. The molecule has 0 amide bonds. The van der Waals surface area contributed by atoms with Crippen molar-refractivity contribution in [3.05, 3.63) is 94.5 Å². The molecular weight excluding hydrogens is 340 g/mol. The first-order chi connectivity index (χ1) is 12.7. The minimum Gasteiger partial charge on any atom is -0.295 e. The Bertz CT molecular complexity index is 1130. The molecule has 4 aromatic rings. The lowest BCUT2D eigenvalue weighted by Crippen LogP contribution is -2.19. The molecule has 4 rings (SSSR count). The fourth-order valence-electron chi connectivity index (χ4n) is 3.02. The van der Waals surface area contributed by atoms with Gasteiger partial charge in [-0.25, -0.2) is 4.98 Å². The maximum absolute atomic E-state index is 12.9. The van der Waals surface area contributed by atoms with Crippen LogP contribution in [0.4, 0.5) is 0 Å². The Morgan fingerprint density at radius 1 is 1.04 bits per heavy atom. The van der Waals surface area contributed by atoms with E-state index in [9.17, 15) is 4.79 Å². The molecule has 0 aliphatic heterocycles. The summed E-state index contributed by atoms with van der Waals surface area (Å²) < 4.78 is 1.66. The van der Waals surface area contributed by atoms with E-state index in [1.165, 1.54) is 0 Å². The summed E-state index contributed by atoms with van der Waals surface area (Å²) in [5.41, 5.74) is 3.27. The fourth-order valence-corrected chi connectivity index (χ4v) is 4.17. The lowest BCUT2D eigenvalue weighted by Gasteiger charge is -2.02. The molecule has 3 nitrogen and oxygen atoms in total. The van der Waals surface area contributed by atoms with Crippen LogP contribution >= 0.6 is 11.3 Å². The van der Waals surface area contributed by atoms with Crippen molar-refractivity contribution < 1.29 is 0 Å². The smallest absolute Gasteiger partial charge is 0.262 e. The largest absolute Gasteiger partial charge is 0.295 e. The molecule has 128 valence electrons. The van der Waals surface area contributed by atoms with Crippen LogP contribution in [-0.4, -0.2) is 9.55 Å². The first-order valence-electron chi connectivity index (χ1n) is 8.49. The van der Waals surface area contributed by atoms with Crippen molar-refractivity contribution in [3.8, 4) is 10.4 Å². The number of aromatic nitrogens is 2. The Labute approximate surface area is 155 Å². The van der Waals surface area contributed by atoms with E-state index in [-0.39, 0.29) is 5.56 Å². The van der Waals surface area contributed by atoms with E-state index in [0.717, 1.165) is 31.8 Å². The summed E-state index contributed by atoms with van der Waals surface area (Å²) in [4.78, 5) is 19.4. The third-order valence-electron chi connectivity index (χ3n) is 4.37.